The summed E-state index contributed by atoms with van der Waals surface area (Å²) in [6, 6.07) is 8.49. The van der Waals surface area contributed by atoms with E-state index < -0.39 is 10.0 Å². The van der Waals surface area contributed by atoms with Gasteiger partial charge in [0.05, 0.1) is 17.2 Å². The van der Waals surface area contributed by atoms with Crippen LogP contribution in [0.15, 0.2) is 40.6 Å². The lowest BCUT2D eigenvalue weighted by atomic mass is 10.3. The molecule has 0 radical (unpaired) electrons. The zero-order chi connectivity index (χ0) is 15.3. The highest BCUT2D eigenvalue weighted by atomic mass is 32.2. The van der Waals surface area contributed by atoms with Crippen molar-refractivity contribution < 1.29 is 13.2 Å². The number of anilines is 1. The van der Waals surface area contributed by atoms with Gasteiger partial charge in [-0.25, -0.2) is 13.1 Å². The molecule has 1 heterocycles. The summed E-state index contributed by atoms with van der Waals surface area (Å²) >= 11 is 1.66. The number of hydrogen-bond acceptors (Lipinski definition) is 5. The van der Waals surface area contributed by atoms with Gasteiger partial charge in [0.25, 0.3) is 0 Å². The summed E-state index contributed by atoms with van der Waals surface area (Å²) in [4.78, 5) is 1.37. The average Bonchev–Trinajstić information content (AvgIpc) is 2.94. The highest BCUT2D eigenvalue weighted by molar-refractivity contribution is 7.89. The Hall–Kier alpha value is -1.57. The maximum Gasteiger partial charge on any atom is 0.240 e. The molecule has 0 unspecified atom stereocenters. The predicted molar refractivity (Wildman–Crippen MR) is 85.2 cm³/mol. The first-order valence-corrected chi connectivity index (χ1v) is 8.93. The van der Waals surface area contributed by atoms with Crippen molar-refractivity contribution in [2.24, 2.45) is 0 Å². The normalized spacial score (nSPS) is 11.5. The Morgan fingerprint density at radius 1 is 1.33 bits per heavy atom. The molecule has 0 aliphatic rings. The lowest BCUT2D eigenvalue weighted by molar-refractivity contribution is 0.324. The summed E-state index contributed by atoms with van der Waals surface area (Å²) < 4.78 is 32.0. The van der Waals surface area contributed by atoms with Crippen LogP contribution >= 0.6 is 11.3 Å². The number of nitrogens with two attached hydrogens (primary N) is 1. The molecule has 0 spiro atoms. The molecule has 0 saturated carbocycles. The molecule has 1 aromatic heterocycles. The first-order chi connectivity index (χ1) is 10.0. The Labute approximate surface area is 128 Å². The van der Waals surface area contributed by atoms with Crippen molar-refractivity contribution in [1.29, 1.82) is 0 Å². The van der Waals surface area contributed by atoms with E-state index in [0.717, 1.165) is 6.42 Å². The summed E-state index contributed by atoms with van der Waals surface area (Å²) in [5.74, 6) is 0.394. The zero-order valence-corrected chi connectivity index (χ0v) is 13.3. The monoisotopic (exact) mass is 326 g/mol. The van der Waals surface area contributed by atoms with Crippen molar-refractivity contribution in [3.8, 4) is 5.75 Å². The molecule has 3 N–H and O–H groups in total. The van der Waals surface area contributed by atoms with E-state index in [-0.39, 0.29) is 4.90 Å². The van der Waals surface area contributed by atoms with Crippen LogP contribution < -0.4 is 15.2 Å². The minimum Gasteiger partial charge on any atom is -0.491 e. The fraction of sp³-hybridized carbons (Fsp3) is 0.286. The van der Waals surface area contributed by atoms with Crippen LogP contribution in [0.1, 0.15) is 11.8 Å². The van der Waals surface area contributed by atoms with Crippen LogP contribution in [0, 0.1) is 0 Å². The van der Waals surface area contributed by atoms with Crippen LogP contribution in [-0.2, 0) is 16.4 Å². The lowest BCUT2D eigenvalue weighted by Gasteiger charge is -2.11. The molecule has 21 heavy (non-hydrogen) atoms. The second-order valence-electron chi connectivity index (χ2n) is 4.38. The van der Waals surface area contributed by atoms with Gasteiger partial charge >= 0.3 is 0 Å². The second-order valence-corrected chi connectivity index (χ2v) is 7.18. The molecular formula is C14H18N2O3S2. The fourth-order valence-corrected chi connectivity index (χ4v) is 3.54. The first kappa shape index (κ1) is 15.8. The van der Waals surface area contributed by atoms with Crippen LogP contribution in [0.4, 0.5) is 5.69 Å². The van der Waals surface area contributed by atoms with Crippen molar-refractivity contribution in [3.63, 3.8) is 0 Å². The van der Waals surface area contributed by atoms with Gasteiger partial charge in [0.15, 0.2) is 0 Å². The van der Waals surface area contributed by atoms with E-state index in [2.05, 4.69) is 4.72 Å². The molecule has 2 aromatic rings. The van der Waals surface area contributed by atoms with Gasteiger partial charge < -0.3 is 10.5 Å². The van der Waals surface area contributed by atoms with Gasteiger partial charge in [0.2, 0.25) is 10.0 Å². The maximum atomic E-state index is 12.0. The van der Waals surface area contributed by atoms with E-state index in [1.165, 1.54) is 17.0 Å². The van der Waals surface area contributed by atoms with E-state index in [4.69, 9.17) is 10.5 Å². The minimum atomic E-state index is -3.50. The van der Waals surface area contributed by atoms with Gasteiger partial charge in [-0.05, 0) is 23.6 Å². The van der Waals surface area contributed by atoms with Gasteiger partial charge in [-0.15, -0.1) is 11.3 Å². The first-order valence-electron chi connectivity index (χ1n) is 6.57. The summed E-state index contributed by atoms with van der Waals surface area (Å²) in [7, 11) is -3.50. The predicted octanol–water partition coefficient (Wildman–Crippen LogP) is 2.25. The molecule has 5 nitrogen and oxygen atoms in total. The topological polar surface area (TPSA) is 81.4 Å². The Balaban J connectivity index is 2.08. The molecule has 114 valence electrons. The number of hydrogen-bond donors (Lipinski definition) is 2. The molecule has 0 aliphatic carbocycles. The second kappa shape index (κ2) is 6.93. The fourth-order valence-electron chi connectivity index (χ4n) is 1.80. The SMILES string of the molecule is CCNS(=O)(=O)c1ccc(N)c(OCCc2cccs2)c1. The molecule has 0 amide bonds. The van der Waals surface area contributed by atoms with Crippen LogP contribution in [0.3, 0.4) is 0 Å². The van der Waals surface area contributed by atoms with Crippen molar-refractivity contribution in [3.05, 3.63) is 40.6 Å². The van der Waals surface area contributed by atoms with E-state index >= 15 is 0 Å². The third-order valence-electron chi connectivity index (χ3n) is 2.82. The Bertz CT molecular complexity index is 682. The smallest absolute Gasteiger partial charge is 0.240 e. The largest absolute Gasteiger partial charge is 0.491 e. The van der Waals surface area contributed by atoms with Gasteiger partial charge in [0, 0.05) is 23.9 Å². The highest BCUT2D eigenvalue weighted by Gasteiger charge is 2.14. The van der Waals surface area contributed by atoms with E-state index in [1.807, 2.05) is 17.5 Å². The minimum absolute atomic E-state index is 0.157. The average molecular weight is 326 g/mol. The van der Waals surface area contributed by atoms with Crippen molar-refractivity contribution >= 4 is 27.0 Å². The number of ether oxygens (including phenoxy) is 1. The quantitative estimate of drug-likeness (QED) is 0.765. The van der Waals surface area contributed by atoms with Crippen molar-refractivity contribution in [2.75, 3.05) is 18.9 Å². The lowest BCUT2D eigenvalue weighted by Crippen LogP contribution is -2.23. The molecule has 2 rings (SSSR count). The Kier molecular flexibility index (Phi) is 5.22. The highest BCUT2D eigenvalue weighted by Crippen LogP contribution is 2.25. The zero-order valence-electron chi connectivity index (χ0n) is 11.7. The molecule has 0 saturated heterocycles. The van der Waals surface area contributed by atoms with Crippen LogP contribution in [-0.4, -0.2) is 21.6 Å². The number of rotatable bonds is 7. The van der Waals surface area contributed by atoms with Crippen LogP contribution in [0.5, 0.6) is 5.75 Å². The summed E-state index contributed by atoms with van der Waals surface area (Å²) in [5.41, 5.74) is 6.26. The molecular weight excluding hydrogens is 308 g/mol. The van der Waals surface area contributed by atoms with E-state index in [9.17, 15) is 8.42 Å². The number of nitrogen functional groups attached to an aromatic ring is 1. The molecule has 7 heteroatoms. The Morgan fingerprint density at radius 2 is 2.14 bits per heavy atom. The van der Waals surface area contributed by atoms with Crippen LogP contribution in [0.2, 0.25) is 0 Å². The molecule has 0 bridgehead atoms. The number of benzene rings is 1. The van der Waals surface area contributed by atoms with Crippen molar-refractivity contribution in [2.45, 2.75) is 18.2 Å². The number of thiophene rings is 1. The standard InChI is InChI=1S/C14H18N2O3S2/c1-2-16-21(17,18)12-5-6-13(15)14(10-12)19-8-7-11-4-3-9-20-11/h3-6,9-10,16H,2,7-8,15H2,1H3. The van der Waals surface area contributed by atoms with Crippen LogP contribution in [0.25, 0.3) is 0 Å². The van der Waals surface area contributed by atoms with E-state index in [1.54, 1.807) is 24.3 Å². The number of sulfonamides is 1. The third kappa shape index (κ3) is 4.20. The summed E-state index contributed by atoms with van der Waals surface area (Å²) in [6.45, 7) is 2.52. The van der Waals surface area contributed by atoms with Gasteiger partial charge in [-0.2, -0.15) is 0 Å². The van der Waals surface area contributed by atoms with E-state index in [0.29, 0.717) is 24.6 Å². The van der Waals surface area contributed by atoms with Gasteiger partial charge in [-0.3, -0.25) is 0 Å². The van der Waals surface area contributed by atoms with Crippen molar-refractivity contribution in [1.82, 2.24) is 4.72 Å². The van der Waals surface area contributed by atoms with Gasteiger partial charge in [-0.1, -0.05) is 13.0 Å². The molecule has 1 aromatic carbocycles. The third-order valence-corrected chi connectivity index (χ3v) is 5.30. The molecule has 0 fully saturated rings. The maximum absolute atomic E-state index is 12.0. The summed E-state index contributed by atoms with van der Waals surface area (Å²) in [6.07, 6.45) is 0.765. The Morgan fingerprint density at radius 3 is 2.81 bits per heavy atom. The molecule has 0 atom stereocenters. The number of nitrogens with one attached hydrogen (secondary N) is 1. The van der Waals surface area contributed by atoms with Gasteiger partial charge in [0.1, 0.15) is 5.75 Å². The molecule has 0 aliphatic heterocycles. The summed E-state index contributed by atoms with van der Waals surface area (Å²) in [5, 5.41) is 2.01.